The highest BCUT2D eigenvalue weighted by molar-refractivity contribution is 7.80. The van der Waals surface area contributed by atoms with E-state index in [1.165, 1.54) is 0 Å². The van der Waals surface area contributed by atoms with Crippen LogP contribution in [-0.2, 0) is 0 Å². The van der Waals surface area contributed by atoms with Crippen LogP contribution >= 0.6 is 23.8 Å². The number of hydrogen-bond acceptors (Lipinski definition) is 2. The molecule has 0 aliphatic carbocycles. The molecule has 0 saturated carbocycles. The van der Waals surface area contributed by atoms with Gasteiger partial charge < -0.3 is 10.1 Å². The molecule has 2 N–H and O–H groups in total. The van der Waals surface area contributed by atoms with E-state index in [0.29, 0.717) is 4.99 Å². The molecule has 3 rings (SSSR count). The van der Waals surface area contributed by atoms with E-state index < -0.39 is 0 Å². The summed E-state index contributed by atoms with van der Waals surface area (Å²) in [5, 5.41) is 0.747. The normalized spacial score (nSPS) is 12.5. The van der Waals surface area contributed by atoms with Crippen LogP contribution in [0, 0.1) is 6.92 Å². The number of aromatic nitrogens is 2. The molecule has 0 aliphatic heterocycles. The first-order valence-corrected chi connectivity index (χ1v) is 7.80. The lowest BCUT2D eigenvalue weighted by Crippen LogP contribution is -2.18. The summed E-state index contributed by atoms with van der Waals surface area (Å²) in [4.78, 5) is 5.22. The van der Waals surface area contributed by atoms with Crippen LogP contribution in [-0.4, -0.2) is 14.4 Å². The summed E-state index contributed by atoms with van der Waals surface area (Å²) in [5.74, 6) is -0.0709. The van der Waals surface area contributed by atoms with Crippen LogP contribution in [0.2, 0.25) is 5.02 Å². The maximum Gasteiger partial charge on any atom is 0.137 e. The molecule has 3 aromatic rings. The van der Waals surface area contributed by atoms with Crippen LogP contribution in [0.15, 0.2) is 42.6 Å². The second-order valence-corrected chi connectivity index (χ2v) is 6.24. The number of halogens is 1. The monoisotopic (exact) mass is 329 g/mol. The third kappa shape index (κ3) is 2.49. The number of rotatable bonds is 3. The minimum Gasteiger partial charge on any atom is -0.393 e. The number of hydrogen-bond donors (Lipinski definition) is 1. The van der Waals surface area contributed by atoms with Crippen molar-refractivity contribution < 1.29 is 0 Å². The number of imidazole rings is 1. The third-order valence-corrected chi connectivity index (χ3v) is 4.61. The van der Waals surface area contributed by atoms with Gasteiger partial charge in [0, 0.05) is 22.7 Å². The molecule has 0 aliphatic rings. The number of nitrogens with zero attached hydrogens (tertiary/aromatic N) is 2. The fraction of sp³-hybridized carbons (Fsp3) is 0.176. The average molecular weight is 330 g/mol. The molecule has 1 unspecified atom stereocenters. The summed E-state index contributed by atoms with van der Waals surface area (Å²) in [5.41, 5.74) is 10.7. The van der Waals surface area contributed by atoms with Gasteiger partial charge in [-0.05, 0) is 36.8 Å². The molecule has 0 bridgehead atoms. The van der Waals surface area contributed by atoms with E-state index in [9.17, 15) is 0 Å². The topological polar surface area (TPSA) is 43.3 Å². The van der Waals surface area contributed by atoms with Crippen LogP contribution in [0.25, 0.3) is 16.9 Å². The lowest BCUT2D eigenvalue weighted by atomic mass is 10.0. The Labute approximate surface area is 139 Å². The first-order valence-electron chi connectivity index (χ1n) is 7.02. The predicted molar refractivity (Wildman–Crippen MR) is 95.6 cm³/mol. The summed E-state index contributed by atoms with van der Waals surface area (Å²) in [7, 11) is 0. The second kappa shape index (κ2) is 5.71. The molecule has 0 spiro atoms. The summed E-state index contributed by atoms with van der Waals surface area (Å²) in [6.45, 7) is 3.99. The van der Waals surface area contributed by atoms with Crippen molar-refractivity contribution in [2.75, 3.05) is 0 Å². The summed E-state index contributed by atoms with van der Waals surface area (Å²) >= 11 is 11.3. The first kappa shape index (κ1) is 15.0. The van der Waals surface area contributed by atoms with E-state index in [0.717, 1.165) is 33.2 Å². The lowest BCUT2D eigenvalue weighted by Gasteiger charge is -2.12. The van der Waals surface area contributed by atoms with Crippen LogP contribution in [0.3, 0.4) is 0 Å². The van der Waals surface area contributed by atoms with Gasteiger partial charge in [-0.3, -0.25) is 0 Å². The zero-order valence-electron chi connectivity index (χ0n) is 12.4. The fourth-order valence-corrected chi connectivity index (χ4v) is 2.80. The number of fused-ring (bicyclic) bond motifs is 1. The van der Waals surface area contributed by atoms with E-state index in [4.69, 9.17) is 34.5 Å². The molecule has 0 fully saturated rings. The molecule has 0 saturated heterocycles. The molecule has 22 heavy (non-hydrogen) atoms. The predicted octanol–water partition coefficient (Wildman–Crippen LogP) is 4.35. The van der Waals surface area contributed by atoms with Crippen LogP contribution in [0.5, 0.6) is 0 Å². The highest BCUT2D eigenvalue weighted by Gasteiger charge is 2.21. The van der Waals surface area contributed by atoms with Gasteiger partial charge in [-0.1, -0.05) is 42.9 Å². The molecule has 0 radical (unpaired) electrons. The minimum absolute atomic E-state index is 0.0709. The van der Waals surface area contributed by atoms with E-state index in [-0.39, 0.29) is 5.92 Å². The lowest BCUT2D eigenvalue weighted by molar-refractivity contribution is 0.930. The van der Waals surface area contributed by atoms with Crippen LogP contribution in [0.1, 0.15) is 24.1 Å². The van der Waals surface area contributed by atoms with Crippen molar-refractivity contribution in [3.8, 4) is 11.3 Å². The molecule has 3 nitrogen and oxygen atoms in total. The Balaban J connectivity index is 2.30. The van der Waals surface area contributed by atoms with Gasteiger partial charge in [0.1, 0.15) is 5.65 Å². The minimum atomic E-state index is -0.0709. The van der Waals surface area contributed by atoms with E-state index in [1.807, 2.05) is 60.8 Å². The Morgan fingerprint density at radius 1 is 1.32 bits per heavy atom. The van der Waals surface area contributed by atoms with Crippen molar-refractivity contribution >= 4 is 34.5 Å². The number of aryl methyl sites for hydroxylation is 1. The standard InChI is InChI=1S/C17H16ClN3S/c1-10-9-12(6-7-13(10)18)15-16(11(2)17(19)22)21-8-4-3-5-14(21)20-15/h3-9,11H,1-2H3,(H2,19,22). The zero-order valence-corrected chi connectivity index (χ0v) is 13.9. The Hall–Kier alpha value is -1.91. The number of nitrogens with two attached hydrogens (primary N) is 1. The van der Waals surface area contributed by atoms with Gasteiger partial charge in [-0.25, -0.2) is 4.98 Å². The number of pyridine rings is 1. The molecule has 1 atom stereocenters. The van der Waals surface area contributed by atoms with Crippen molar-refractivity contribution in [2.45, 2.75) is 19.8 Å². The Bertz CT molecular complexity index is 869. The second-order valence-electron chi connectivity index (χ2n) is 5.36. The molecule has 2 aromatic heterocycles. The molecule has 0 amide bonds. The Morgan fingerprint density at radius 3 is 2.77 bits per heavy atom. The smallest absolute Gasteiger partial charge is 0.137 e. The molecule has 1 aromatic carbocycles. The highest BCUT2D eigenvalue weighted by Crippen LogP contribution is 2.32. The van der Waals surface area contributed by atoms with Crippen molar-refractivity contribution in [1.82, 2.24) is 9.38 Å². The Morgan fingerprint density at radius 2 is 2.09 bits per heavy atom. The van der Waals surface area contributed by atoms with Crippen LogP contribution < -0.4 is 5.73 Å². The van der Waals surface area contributed by atoms with Crippen molar-refractivity contribution in [3.63, 3.8) is 0 Å². The highest BCUT2D eigenvalue weighted by atomic mass is 35.5. The maximum absolute atomic E-state index is 6.13. The molecular weight excluding hydrogens is 314 g/mol. The molecule has 2 heterocycles. The van der Waals surface area contributed by atoms with Crippen molar-refractivity contribution in [3.05, 3.63) is 58.9 Å². The van der Waals surface area contributed by atoms with E-state index in [1.54, 1.807) is 0 Å². The first-order chi connectivity index (χ1) is 10.5. The maximum atomic E-state index is 6.13. The van der Waals surface area contributed by atoms with Gasteiger partial charge in [-0.15, -0.1) is 0 Å². The average Bonchev–Trinajstić information content (AvgIpc) is 2.88. The van der Waals surface area contributed by atoms with E-state index >= 15 is 0 Å². The number of thiocarbonyl (C=S) groups is 1. The van der Waals surface area contributed by atoms with Gasteiger partial charge in [0.2, 0.25) is 0 Å². The van der Waals surface area contributed by atoms with E-state index in [2.05, 4.69) is 0 Å². The largest absolute Gasteiger partial charge is 0.393 e. The van der Waals surface area contributed by atoms with Gasteiger partial charge >= 0.3 is 0 Å². The Kier molecular flexibility index (Phi) is 3.89. The summed E-state index contributed by atoms with van der Waals surface area (Å²) in [6, 6.07) is 11.8. The molecule has 5 heteroatoms. The third-order valence-electron chi connectivity index (χ3n) is 3.84. The quantitative estimate of drug-likeness (QED) is 0.726. The summed E-state index contributed by atoms with van der Waals surface area (Å²) < 4.78 is 2.04. The number of benzene rings is 1. The van der Waals surface area contributed by atoms with Crippen LogP contribution in [0.4, 0.5) is 0 Å². The van der Waals surface area contributed by atoms with Gasteiger partial charge in [-0.2, -0.15) is 0 Å². The van der Waals surface area contributed by atoms with Gasteiger partial charge in [0.25, 0.3) is 0 Å². The SMILES string of the molecule is Cc1cc(-c2nc3ccccn3c2C(C)C(N)=S)ccc1Cl. The van der Waals surface area contributed by atoms with Gasteiger partial charge in [0.05, 0.1) is 16.4 Å². The van der Waals surface area contributed by atoms with Crippen molar-refractivity contribution in [2.24, 2.45) is 5.73 Å². The summed E-state index contributed by atoms with van der Waals surface area (Å²) in [6.07, 6.45) is 1.98. The van der Waals surface area contributed by atoms with Crippen molar-refractivity contribution in [1.29, 1.82) is 0 Å². The fourth-order valence-electron chi connectivity index (χ4n) is 2.57. The molecule has 112 valence electrons. The molecular formula is C17H16ClN3S. The zero-order chi connectivity index (χ0) is 15.9. The van der Waals surface area contributed by atoms with Gasteiger partial charge in [0.15, 0.2) is 0 Å².